The van der Waals surface area contributed by atoms with E-state index in [-0.39, 0.29) is 18.1 Å². The number of aryl methyl sites for hydroxylation is 1. The Balaban J connectivity index is 2.72. The quantitative estimate of drug-likeness (QED) is 0.628. The number of carbonyl (C=O) groups excluding carboxylic acids is 1. The summed E-state index contributed by atoms with van der Waals surface area (Å²) in [6.45, 7) is 4.16. The molecule has 1 heterocycles. The first-order valence-electron chi connectivity index (χ1n) is 5.54. The van der Waals surface area contributed by atoms with Crippen LogP contribution in [0.2, 0.25) is 0 Å². The lowest BCUT2D eigenvalue weighted by atomic mass is 10.2. The van der Waals surface area contributed by atoms with Crippen molar-refractivity contribution in [1.29, 1.82) is 0 Å². The number of anilines is 1. The number of pyridine rings is 1. The summed E-state index contributed by atoms with van der Waals surface area (Å²) in [4.78, 5) is 27.3. The molecule has 1 aromatic heterocycles. The van der Waals surface area contributed by atoms with Gasteiger partial charge in [-0.05, 0) is 13.8 Å². The van der Waals surface area contributed by atoms with E-state index in [0.29, 0.717) is 17.9 Å². The fourth-order valence-electron chi connectivity index (χ4n) is 1.28. The molecular formula is C11H16N4O3. The van der Waals surface area contributed by atoms with Crippen LogP contribution in [0.1, 0.15) is 12.5 Å². The van der Waals surface area contributed by atoms with E-state index in [9.17, 15) is 14.9 Å². The molecule has 0 saturated heterocycles. The highest BCUT2D eigenvalue weighted by molar-refractivity contribution is 5.80. The molecule has 0 aliphatic heterocycles. The molecule has 0 saturated carbocycles. The van der Waals surface area contributed by atoms with Gasteiger partial charge in [-0.15, -0.1) is 0 Å². The van der Waals surface area contributed by atoms with Gasteiger partial charge in [-0.2, -0.15) is 0 Å². The first kappa shape index (κ1) is 13.9. The van der Waals surface area contributed by atoms with Gasteiger partial charge in [0.1, 0.15) is 5.82 Å². The van der Waals surface area contributed by atoms with Crippen molar-refractivity contribution in [3.05, 3.63) is 27.9 Å². The zero-order valence-electron chi connectivity index (χ0n) is 10.6. The van der Waals surface area contributed by atoms with Crippen LogP contribution in [0.15, 0.2) is 12.3 Å². The van der Waals surface area contributed by atoms with Crippen molar-refractivity contribution in [3.63, 3.8) is 0 Å². The maximum absolute atomic E-state index is 11.5. The van der Waals surface area contributed by atoms with Crippen LogP contribution in [0.25, 0.3) is 0 Å². The molecule has 1 aromatic rings. The van der Waals surface area contributed by atoms with E-state index in [1.54, 1.807) is 18.9 Å². The molecular weight excluding hydrogens is 236 g/mol. The number of hydrogen-bond acceptors (Lipinski definition) is 5. The summed E-state index contributed by atoms with van der Waals surface area (Å²) in [7, 11) is 1.69. The molecule has 7 nitrogen and oxygen atoms in total. The molecule has 1 amide bonds. The lowest BCUT2D eigenvalue weighted by Crippen LogP contribution is -2.32. The summed E-state index contributed by atoms with van der Waals surface area (Å²) >= 11 is 0. The fourth-order valence-corrected chi connectivity index (χ4v) is 1.28. The summed E-state index contributed by atoms with van der Waals surface area (Å²) in [5.41, 5.74) is 0.478. The van der Waals surface area contributed by atoms with Crippen molar-refractivity contribution in [2.75, 3.05) is 25.5 Å². The van der Waals surface area contributed by atoms with Gasteiger partial charge in [0.05, 0.1) is 17.5 Å². The number of nitrogens with zero attached hydrogens (tertiary/aromatic N) is 3. The molecule has 7 heteroatoms. The molecule has 1 rings (SSSR count). The fraction of sp³-hybridized carbons (Fsp3) is 0.455. The molecule has 0 fully saturated rings. The number of aromatic nitrogens is 1. The van der Waals surface area contributed by atoms with Crippen LogP contribution >= 0.6 is 0 Å². The Bertz CT molecular complexity index is 462. The molecule has 1 N–H and O–H groups in total. The van der Waals surface area contributed by atoms with Crippen molar-refractivity contribution >= 4 is 17.4 Å². The molecule has 0 aliphatic carbocycles. The number of likely N-dealkylation sites (N-methyl/N-ethyl adjacent to an activating group) is 1. The number of carbonyl (C=O) groups is 1. The molecule has 0 radical (unpaired) electrons. The van der Waals surface area contributed by atoms with Gasteiger partial charge < -0.3 is 10.2 Å². The predicted octanol–water partition coefficient (Wildman–Crippen LogP) is 1.19. The van der Waals surface area contributed by atoms with Gasteiger partial charge in [-0.1, -0.05) is 0 Å². The average molecular weight is 252 g/mol. The Kier molecular flexibility index (Phi) is 4.59. The smallest absolute Gasteiger partial charge is 0.277 e. The molecule has 0 spiro atoms. The van der Waals surface area contributed by atoms with Crippen LogP contribution in [0.4, 0.5) is 11.5 Å². The van der Waals surface area contributed by atoms with Crippen LogP contribution in [-0.4, -0.2) is 40.9 Å². The van der Waals surface area contributed by atoms with Gasteiger partial charge >= 0.3 is 0 Å². The standard InChI is InChI=1S/C11H16N4O3/c1-4-14(3)11(16)7-13-10-5-9(15(17)18)8(2)6-12-10/h5-6H,4,7H2,1-3H3,(H,12,13). The van der Waals surface area contributed by atoms with Gasteiger partial charge in [-0.25, -0.2) is 4.98 Å². The first-order valence-corrected chi connectivity index (χ1v) is 5.54. The number of hydrogen-bond donors (Lipinski definition) is 1. The second kappa shape index (κ2) is 5.95. The van der Waals surface area contributed by atoms with Crippen molar-refractivity contribution in [2.45, 2.75) is 13.8 Å². The number of rotatable bonds is 5. The van der Waals surface area contributed by atoms with Crippen LogP contribution < -0.4 is 5.32 Å². The highest BCUT2D eigenvalue weighted by atomic mass is 16.6. The summed E-state index contributed by atoms with van der Waals surface area (Å²) in [5, 5.41) is 13.5. The van der Waals surface area contributed by atoms with E-state index >= 15 is 0 Å². The predicted molar refractivity (Wildman–Crippen MR) is 67.4 cm³/mol. The van der Waals surface area contributed by atoms with Crippen molar-refractivity contribution in [3.8, 4) is 0 Å². The van der Waals surface area contributed by atoms with E-state index in [1.165, 1.54) is 12.3 Å². The summed E-state index contributed by atoms with van der Waals surface area (Å²) in [5.74, 6) is 0.229. The third-order valence-electron chi connectivity index (χ3n) is 2.59. The van der Waals surface area contributed by atoms with Crippen molar-refractivity contribution in [1.82, 2.24) is 9.88 Å². The van der Waals surface area contributed by atoms with E-state index in [0.717, 1.165) is 0 Å². The molecule has 0 unspecified atom stereocenters. The molecule has 18 heavy (non-hydrogen) atoms. The lowest BCUT2D eigenvalue weighted by Gasteiger charge is -2.14. The van der Waals surface area contributed by atoms with Crippen LogP contribution in [0.3, 0.4) is 0 Å². The Labute approximate surface area is 105 Å². The van der Waals surface area contributed by atoms with Gasteiger partial charge in [0.2, 0.25) is 5.91 Å². The van der Waals surface area contributed by atoms with E-state index in [2.05, 4.69) is 10.3 Å². The van der Waals surface area contributed by atoms with Crippen LogP contribution in [0, 0.1) is 17.0 Å². The van der Waals surface area contributed by atoms with Gasteiger partial charge in [0.15, 0.2) is 0 Å². The lowest BCUT2D eigenvalue weighted by molar-refractivity contribution is -0.385. The monoisotopic (exact) mass is 252 g/mol. The zero-order valence-corrected chi connectivity index (χ0v) is 10.6. The minimum absolute atomic E-state index is 0.0104. The SMILES string of the molecule is CCN(C)C(=O)CNc1cc([N+](=O)[O-])c(C)cn1. The summed E-state index contributed by atoms with van der Waals surface area (Å²) in [6.07, 6.45) is 1.41. The van der Waals surface area contributed by atoms with E-state index in [1.807, 2.05) is 6.92 Å². The Morgan fingerprint density at radius 3 is 2.83 bits per heavy atom. The highest BCUT2D eigenvalue weighted by Crippen LogP contribution is 2.19. The van der Waals surface area contributed by atoms with Gasteiger partial charge in [0, 0.05) is 25.4 Å². The zero-order chi connectivity index (χ0) is 13.7. The van der Waals surface area contributed by atoms with Crippen molar-refractivity contribution in [2.24, 2.45) is 0 Å². The second-order valence-electron chi connectivity index (χ2n) is 3.87. The van der Waals surface area contributed by atoms with E-state index < -0.39 is 4.92 Å². The Hall–Kier alpha value is -2.18. The first-order chi connectivity index (χ1) is 8.45. The minimum atomic E-state index is -0.470. The molecule has 0 atom stereocenters. The molecule has 0 aliphatic rings. The van der Waals surface area contributed by atoms with E-state index in [4.69, 9.17) is 0 Å². The third-order valence-corrected chi connectivity index (χ3v) is 2.59. The number of nitro groups is 1. The Morgan fingerprint density at radius 2 is 2.28 bits per heavy atom. The molecule has 0 bridgehead atoms. The normalized spacial score (nSPS) is 9.94. The topological polar surface area (TPSA) is 88.4 Å². The number of amides is 1. The summed E-state index contributed by atoms with van der Waals surface area (Å²) < 4.78 is 0. The largest absolute Gasteiger partial charge is 0.361 e. The van der Waals surface area contributed by atoms with Crippen LogP contribution in [0.5, 0.6) is 0 Å². The third kappa shape index (κ3) is 3.41. The average Bonchev–Trinajstić information content (AvgIpc) is 2.36. The second-order valence-corrected chi connectivity index (χ2v) is 3.87. The molecule has 98 valence electrons. The van der Waals surface area contributed by atoms with Gasteiger partial charge in [-0.3, -0.25) is 14.9 Å². The van der Waals surface area contributed by atoms with Crippen LogP contribution in [-0.2, 0) is 4.79 Å². The van der Waals surface area contributed by atoms with Gasteiger partial charge in [0.25, 0.3) is 5.69 Å². The van der Waals surface area contributed by atoms with Crippen molar-refractivity contribution < 1.29 is 9.72 Å². The maximum atomic E-state index is 11.5. The summed E-state index contributed by atoms with van der Waals surface area (Å²) in [6, 6.07) is 1.33. The minimum Gasteiger partial charge on any atom is -0.361 e. The highest BCUT2D eigenvalue weighted by Gasteiger charge is 2.13. The maximum Gasteiger partial charge on any atom is 0.277 e. The Morgan fingerprint density at radius 1 is 1.61 bits per heavy atom. The number of nitrogens with one attached hydrogen (secondary N) is 1. The molecule has 0 aromatic carbocycles.